The summed E-state index contributed by atoms with van der Waals surface area (Å²) in [6, 6.07) is 13.6. The van der Waals surface area contributed by atoms with Crippen molar-refractivity contribution in [1.29, 1.82) is 0 Å². The van der Waals surface area contributed by atoms with Crippen LogP contribution in [0.5, 0.6) is 0 Å². The van der Waals surface area contributed by atoms with Crippen LogP contribution in [0, 0.1) is 18.6 Å². The van der Waals surface area contributed by atoms with Crippen LogP contribution >= 0.6 is 0 Å². The van der Waals surface area contributed by atoms with Crippen LogP contribution in [0.1, 0.15) is 36.6 Å². The molecule has 0 atom stereocenters. The maximum absolute atomic E-state index is 13.2. The maximum atomic E-state index is 13.2. The highest BCUT2D eigenvalue weighted by atomic mass is 19.2. The van der Waals surface area contributed by atoms with E-state index in [1.165, 1.54) is 18.2 Å². The van der Waals surface area contributed by atoms with Gasteiger partial charge in [0.2, 0.25) is 0 Å². The van der Waals surface area contributed by atoms with E-state index >= 15 is 0 Å². The fourth-order valence-electron chi connectivity index (χ4n) is 3.39. The van der Waals surface area contributed by atoms with E-state index in [-0.39, 0.29) is 22.4 Å². The summed E-state index contributed by atoms with van der Waals surface area (Å²) in [4.78, 5) is 51.0. The normalized spacial score (nSPS) is 12.5. The predicted octanol–water partition coefficient (Wildman–Crippen LogP) is 3.87. The molecule has 4 rings (SSSR count). The van der Waals surface area contributed by atoms with Gasteiger partial charge in [0.05, 0.1) is 22.4 Å². The number of anilines is 2. The summed E-state index contributed by atoms with van der Waals surface area (Å²) < 4.78 is 31.1. The number of nitrogens with zero attached hydrogens (tertiary/aromatic N) is 1. The third-order valence-corrected chi connectivity index (χ3v) is 5.02. The van der Waals surface area contributed by atoms with Crippen LogP contribution in [0.4, 0.5) is 20.2 Å². The number of carbonyl (C=O) groups excluding carboxylic acids is 4. The maximum Gasteiger partial charge on any atom is 0.338 e. The zero-order valence-corrected chi connectivity index (χ0v) is 17.2. The number of aryl methyl sites for hydroxylation is 1. The number of carbonyl (C=O) groups is 4. The van der Waals surface area contributed by atoms with Gasteiger partial charge in [-0.15, -0.1) is 0 Å². The van der Waals surface area contributed by atoms with Crippen LogP contribution in [0.25, 0.3) is 0 Å². The number of hydrogen-bond donors (Lipinski definition) is 1. The average molecular weight is 450 g/mol. The van der Waals surface area contributed by atoms with Gasteiger partial charge < -0.3 is 10.1 Å². The minimum Gasteiger partial charge on any atom is -0.452 e. The molecule has 0 bridgehead atoms. The van der Waals surface area contributed by atoms with Gasteiger partial charge >= 0.3 is 5.97 Å². The first-order chi connectivity index (χ1) is 15.8. The van der Waals surface area contributed by atoms with Gasteiger partial charge in [-0.2, -0.15) is 0 Å². The molecule has 1 aliphatic rings. The van der Waals surface area contributed by atoms with Gasteiger partial charge in [0.1, 0.15) is 0 Å². The molecule has 7 nitrogen and oxygen atoms in total. The van der Waals surface area contributed by atoms with Crippen molar-refractivity contribution in [3.8, 4) is 0 Å². The molecule has 0 saturated carbocycles. The molecule has 3 aromatic carbocycles. The lowest BCUT2D eigenvalue weighted by molar-refractivity contribution is -0.119. The van der Waals surface area contributed by atoms with Crippen molar-refractivity contribution in [2.45, 2.75) is 6.92 Å². The minimum atomic E-state index is -1.14. The third-order valence-electron chi connectivity index (χ3n) is 5.02. The lowest BCUT2D eigenvalue weighted by atomic mass is 10.1. The van der Waals surface area contributed by atoms with Crippen LogP contribution in [-0.4, -0.2) is 30.3 Å². The average Bonchev–Trinajstić information content (AvgIpc) is 3.04. The molecule has 1 N–H and O–H groups in total. The van der Waals surface area contributed by atoms with E-state index in [1.54, 1.807) is 31.2 Å². The highest BCUT2D eigenvalue weighted by molar-refractivity contribution is 6.34. The summed E-state index contributed by atoms with van der Waals surface area (Å²) in [6.45, 7) is 1.07. The molecule has 0 fully saturated rings. The smallest absolute Gasteiger partial charge is 0.338 e. The lowest BCUT2D eigenvalue weighted by Crippen LogP contribution is -2.29. The van der Waals surface area contributed by atoms with E-state index in [0.29, 0.717) is 5.69 Å². The van der Waals surface area contributed by atoms with Crippen molar-refractivity contribution >= 4 is 35.1 Å². The molecule has 33 heavy (non-hydrogen) atoms. The number of halogens is 2. The molecule has 0 saturated heterocycles. The Labute approximate surface area is 186 Å². The van der Waals surface area contributed by atoms with Gasteiger partial charge in [0.25, 0.3) is 17.7 Å². The highest BCUT2D eigenvalue weighted by Gasteiger charge is 2.37. The van der Waals surface area contributed by atoms with Crippen LogP contribution in [0.15, 0.2) is 60.7 Å². The van der Waals surface area contributed by atoms with Crippen molar-refractivity contribution in [2.75, 3.05) is 16.8 Å². The van der Waals surface area contributed by atoms with Gasteiger partial charge in [-0.1, -0.05) is 18.2 Å². The van der Waals surface area contributed by atoms with Crippen LogP contribution in [0.3, 0.4) is 0 Å². The van der Waals surface area contributed by atoms with E-state index in [9.17, 15) is 28.0 Å². The number of nitrogens with one attached hydrogen (secondary N) is 1. The second-order valence-electron chi connectivity index (χ2n) is 7.25. The molecule has 0 radical (unpaired) electrons. The van der Waals surface area contributed by atoms with E-state index < -0.39 is 41.9 Å². The van der Waals surface area contributed by atoms with E-state index in [4.69, 9.17) is 4.74 Å². The summed E-state index contributed by atoms with van der Waals surface area (Å²) in [5, 5.41) is 2.27. The zero-order chi connectivity index (χ0) is 23.7. The highest BCUT2D eigenvalue weighted by Crippen LogP contribution is 2.31. The molecule has 3 aromatic rings. The first kappa shape index (κ1) is 21.8. The Hall–Kier alpha value is -4.40. The number of hydrogen-bond acceptors (Lipinski definition) is 5. The van der Waals surface area contributed by atoms with Crippen molar-refractivity contribution in [3.05, 3.63) is 94.6 Å². The van der Waals surface area contributed by atoms with Crippen molar-refractivity contribution in [2.24, 2.45) is 0 Å². The Bertz CT molecular complexity index is 1320. The fraction of sp³-hybridized carbons (Fsp3) is 0.0833. The second-order valence-corrected chi connectivity index (χ2v) is 7.25. The molecule has 1 heterocycles. The minimum absolute atomic E-state index is 0.00659. The van der Waals surface area contributed by atoms with Crippen LogP contribution in [0.2, 0.25) is 0 Å². The first-order valence-corrected chi connectivity index (χ1v) is 9.77. The van der Waals surface area contributed by atoms with Gasteiger partial charge in [-0.25, -0.2) is 18.5 Å². The van der Waals surface area contributed by atoms with Crippen molar-refractivity contribution in [3.63, 3.8) is 0 Å². The molecule has 0 aliphatic carbocycles. The fourth-order valence-corrected chi connectivity index (χ4v) is 3.39. The van der Waals surface area contributed by atoms with Gasteiger partial charge in [0, 0.05) is 11.8 Å². The Kier molecular flexibility index (Phi) is 5.70. The summed E-state index contributed by atoms with van der Waals surface area (Å²) >= 11 is 0. The molecular weight excluding hydrogens is 434 g/mol. The van der Waals surface area contributed by atoms with Crippen molar-refractivity contribution in [1.82, 2.24) is 0 Å². The largest absolute Gasteiger partial charge is 0.452 e. The van der Waals surface area contributed by atoms with E-state index in [2.05, 4.69) is 5.32 Å². The molecule has 166 valence electrons. The summed E-state index contributed by atoms with van der Waals surface area (Å²) in [5.74, 6) is -4.95. The van der Waals surface area contributed by atoms with Crippen molar-refractivity contribution < 1.29 is 32.7 Å². The predicted molar refractivity (Wildman–Crippen MR) is 114 cm³/mol. The van der Waals surface area contributed by atoms with E-state index in [1.807, 2.05) is 0 Å². The Morgan fingerprint density at radius 3 is 2.36 bits per heavy atom. The topological polar surface area (TPSA) is 92.8 Å². The molecular formula is C24H16F2N2O5. The quantitative estimate of drug-likeness (QED) is 0.471. The number of benzene rings is 3. The van der Waals surface area contributed by atoms with Gasteiger partial charge in [0.15, 0.2) is 18.2 Å². The SMILES string of the molecule is Cc1ccccc1N1C(=O)c2ccc(C(=O)OCC(=O)Nc3ccc(F)c(F)c3)cc2C1=O. The monoisotopic (exact) mass is 450 g/mol. The number of para-hydroxylation sites is 1. The van der Waals surface area contributed by atoms with Crippen LogP contribution < -0.4 is 10.2 Å². The summed E-state index contributed by atoms with van der Waals surface area (Å²) in [6.07, 6.45) is 0. The lowest BCUT2D eigenvalue weighted by Gasteiger charge is -2.16. The zero-order valence-electron chi connectivity index (χ0n) is 17.2. The van der Waals surface area contributed by atoms with Gasteiger partial charge in [-0.3, -0.25) is 14.4 Å². The summed E-state index contributed by atoms with van der Waals surface area (Å²) in [5.41, 5.74) is 1.34. The third kappa shape index (κ3) is 4.20. The standard InChI is InChI=1S/C24H16F2N2O5/c1-13-4-2-3-5-20(13)28-22(30)16-8-6-14(10-17(16)23(28)31)24(32)33-12-21(29)27-15-7-9-18(25)19(26)11-15/h2-11H,12H2,1H3,(H,27,29). The molecule has 0 aromatic heterocycles. The number of esters is 1. The molecule has 3 amide bonds. The number of fused-ring (bicyclic) bond motifs is 1. The Morgan fingerprint density at radius 1 is 0.909 bits per heavy atom. The second kappa shape index (κ2) is 8.62. The summed E-state index contributed by atoms with van der Waals surface area (Å²) in [7, 11) is 0. The Morgan fingerprint density at radius 2 is 1.64 bits per heavy atom. The molecule has 9 heteroatoms. The number of imide groups is 1. The molecule has 0 unspecified atom stereocenters. The number of rotatable bonds is 5. The molecule has 1 aliphatic heterocycles. The van der Waals surface area contributed by atoms with E-state index in [0.717, 1.165) is 28.7 Å². The Balaban J connectivity index is 1.45. The first-order valence-electron chi connectivity index (χ1n) is 9.77. The number of ether oxygens (including phenoxy) is 1. The van der Waals surface area contributed by atoms with Gasteiger partial charge in [-0.05, 0) is 48.9 Å². The molecule has 0 spiro atoms. The number of amides is 3. The van der Waals surface area contributed by atoms with Crippen LogP contribution in [-0.2, 0) is 9.53 Å².